The number of ether oxygens (including phenoxy) is 2. The van der Waals surface area contributed by atoms with Crippen LogP contribution in [0.2, 0.25) is 0 Å². The molecule has 0 spiro atoms. The zero-order valence-corrected chi connectivity index (χ0v) is 16.8. The summed E-state index contributed by atoms with van der Waals surface area (Å²) in [5.41, 5.74) is 0.573. The molecule has 1 aromatic heterocycles. The number of unbranched alkanes of at least 4 members (excludes halogenated alkanes) is 1. The van der Waals surface area contributed by atoms with Crippen LogP contribution >= 0.6 is 11.3 Å². The second-order valence-electron chi connectivity index (χ2n) is 6.42. The molecule has 2 rings (SSSR count). The molecule has 2 N–H and O–H groups in total. The average Bonchev–Trinajstić information content (AvgIpc) is 3.16. The summed E-state index contributed by atoms with van der Waals surface area (Å²) in [6, 6.07) is 9.70. The van der Waals surface area contributed by atoms with E-state index in [1.807, 2.05) is 6.07 Å². The van der Waals surface area contributed by atoms with Gasteiger partial charge in [0.25, 0.3) is 5.91 Å². The highest BCUT2D eigenvalue weighted by Crippen LogP contribution is 2.28. The van der Waals surface area contributed by atoms with Crippen molar-refractivity contribution in [1.29, 1.82) is 0 Å². The van der Waals surface area contributed by atoms with E-state index in [9.17, 15) is 4.79 Å². The minimum Gasteiger partial charge on any atom is -0.493 e. The molecule has 0 bridgehead atoms. The van der Waals surface area contributed by atoms with Crippen molar-refractivity contribution in [2.24, 2.45) is 0 Å². The molecule has 0 radical (unpaired) electrons. The third-order valence-corrected chi connectivity index (χ3v) is 5.22. The Balaban J connectivity index is 2.02. The molecule has 1 aromatic carbocycles. The van der Waals surface area contributed by atoms with Crippen molar-refractivity contribution in [3.63, 3.8) is 0 Å². The van der Waals surface area contributed by atoms with Crippen LogP contribution < -0.4 is 19.7 Å². The molecule has 0 saturated carbocycles. The van der Waals surface area contributed by atoms with Gasteiger partial charge in [0, 0.05) is 5.56 Å². The highest BCUT2D eigenvalue weighted by atomic mass is 32.1. The van der Waals surface area contributed by atoms with Gasteiger partial charge in [-0.1, -0.05) is 19.4 Å². The van der Waals surface area contributed by atoms with Crippen LogP contribution in [0.5, 0.6) is 11.5 Å². The lowest BCUT2D eigenvalue weighted by atomic mass is 10.1. The Hall–Kier alpha value is -2.05. The molecular formula is C20H29N2O3S+. The Morgan fingerprint density at radius 1 is 1.27 bits per heavy atom. The normalized spacial score (nSPS) is 12.0. The van der Waals surface area contributed by atoms with Gasteiger partial charge in [-0.05, 0) is 36.1 Å². The van der Waals surface area contributed by atoms with Crippen LogP contribution in [0.1, 0.15) is 41.0 Å². The lowest BCUT2D eigenvalue weighted by molar-refractivity contribution is -0.890. The second-order valence-corrected chi connectivity index (χ2v) is 7.40. The molecule has 5 nitrogen and oxygen atoms in total. The molecule has 1 amide bonds. The first-order chi connectivity index (χ1) is 12.6. The highest BCUT2D eigenvalue weighted by Gasteiger charge is 2.20. The fourth-order valence-electron chi connectivity index (χ4n) is 2.63. The number of likely N-dealkylation sites (N-methyl/N-ethyl adjacent to an activating group) is 1. The van der Waals surface area contributed by atoms with E-state index in [4.69, 9.17) is 9.47 Å². The number of benzene rings is 1. The van der Waals surface area contributed by atoms with Crippen LogP contribution in [-0.4, -0.2) is 40.3 Å². The molecule has 26 heavy (non-hydrogen) atoms. The summed E-state index contributed by atoms with van der Waals surface area (Å²) in [5.74, 6) is 1.15. The van der Waals surface area contributed by atoms with Crippen molar-refractivity contribution in [2.45, 2.75) is 25.8 Å². The summed E-state index contributed by atoms with van der Waals surface area (Å²) in [6.07, 6.45) is 2.06. The molecule has 2 aromatic rings. The number of nitrogens with one attached hydrogen (secondary N) is 2. The number of rotatable bonds is 10. The SMILES string of the molecule is CCCCOc1ccc(C(=O)NC[C@@H](c2cccs2)[NH+](C)C)cc1OC. The van der Waals surface area contributed by atoms with Crippen LogP contribution in [0.25, 0.3) is 0 Å². The van der Waals surface area contributed by atoms with Crippen LogP contribution in [0.4, 0.5) is 0 Å². The van der Waals surface area contributed by atoms with Gasteiger partial charge >= 0.3 is 0 Å². The van der Waals surface area contributed by atoms with Gasteiger partial charge in [-0.2, -0.15) is 0 Å². The number of hydrogen-bond acceptors (Lipinski definition) is 4. The molecule has 0 fully saturated rings. The summed E-state index contributed by atoms with van der Waals surface area (Å²) in [5, 5.41) is 5.11. The molecule has 6 heteroatoms. The van der Waals surface area contributed by atoms with E-state index < -0.39 is 0 Å². The van der Waals surface area contributed by atoms with Gasteiger partial charge in [-0.25, -0.2) is 0 Å². The first-order valence-electron chi connectivity index (χ1n) is 8.99. The quantitative estimate of drug-likeness (QED) is 0.626. The molecule has 0 aliphatic carbocycles. The molecule has 0 aliphatic heterocycles. The lowest BCUT2D eigenvalue weighted by Crippen LogP contribution is -3.06. The van der Waals surface area contributed by atoms with Gasteiger partial charge < -0.3 is 19.7 Å². The number of carbonyl (C=O) groups excluding carboxylic acids is 1. The van der Waals surface area contributed by atoms with E-state index in [0.29, 0.717) is 30.2 Å². The maximum Gasteiger partial charge on any atom is 0.251 e. The zero-order chi connectivity index (χ0) is 18.9. The number of carbonyl (C=O) groups is 1. The third-order valence-electron chi connectivity index (χ3n) is 4.23. The summed E-state index contributed by atoms with van der Waals surface area (Å²) < 4.78 is 11.1. The largest absolute Gasteiger partial charge is 0.493 e. The second kappa shape index (κ2) is 10.2. The molecule has 1 atom stereocenters. The number of thiophene rings is 1. The van der Waals surface area contributed by atoms with E-state index in [1.165, 1.54) is 9.78 Å². The number of quaternary nitrogens is 1. The fourth-order valence-corrected chi connectivity index (χ4v) is 3.58. The average molecular weight is 378 g/mol. The van der Waals surface area contributed by atoms with E-state index >= 15 is 0 Å². The van der Waals surface area contributed by atoms with Crippen molar-refractivity contribution < 1.29 is 19.2 Å². The van der Waals surface area contributed by atoms with E-state index in [2.05, 4.69) is 37.8 Å². The fraction of sp³-hybridized carbons (Fsp3) is 0.450. The van der Waals surface area contributed by atoms with Gasteiger partial charge in [0.1, 0.15) is 6.04 Å². The summed E-state index contributed by atoms with van der Waals surface area (Å²) in [7, 11) is 5.79. The molecule has 0 saturated heterocycles. The summed E-state index contributed by atoms with van der Waals surface area (Å²) in [6.45, 7) is 3.35. The van der Waals surface area contributed by atoms with Gasteiger partial charge in [-0.15, -0.1) is 11.3 Å². The van der Waals surface area contributed by atoms with Gasteiger partial charge in [0.2, 0.25) is 0 Å². The van der Waals surface area contributed by atoms with E-state index in [1.54, 1.807) is 36.6 Å². The third kappa shape index (κ3) is 5.47. The topological polar surface area (TPSA) is 52.0 Å². The Bertz CT molecular complexity index is 686. The molecule has 0 unspecified atom stereocenters. The number of hydrogen-bond donors (Lipinski definition) is 2. The highest BCUT2D eigenvalue weighted by molar-refractivity contribution is 7.10. The number of methoxy groups -OCH3 is 1. The summed E-state index contributed by atoms with van der Waals surface area (Å²) in [4.78, 5) is 15.1. The van der Waals surface area contributed by atoms with E-state index in [-0.39, 0.29) is 11.9 Å². The van der Waals surface area contributed by atoms with E-state index in [0.717, 1.165) is 12.8 Å². The van der Waals surface area contributed by atoms with Gasteiger partial charge in [0.15, 0.2) is 11.5 Å². The molecule has 142 valence electrons. The minimum absolute atomic E-state index is 0.105. The first kappa shape index (κ1) is 20.3. The van der Waals surface area contributed by atoms with Gasteiger partial charge in [-0.3, -0.25) is 4.79 Å². The van der Waals surface area contributed by atoms with Crippen LogP contribution in [0, 0.1) is 0 Å². The minimum atomic E-state index is -0.105. The summed E-state index contributed by atoms with van der Waals surface area (Å²) >= 11 is 1.72. The number of amides is 1. The van der Waals surface area contributed by atoms with Crippen molar-refractivity contribution in [1.82, 2.24) is 5.32 Å². The maximum absolute atomic E-state index is 12.6. The smallest absolute Gasteiger partial charge is 0.251 e. The van der Waals surface area contributed by atoms with Crippen LogP contribution in [0.15, 0.2) is 35.7 Å². The van der Waals surface area contributed by atoms with Crippen molar-refractivity contribution in [3.8, 4) is 11.5 Å². The van der Waals surface area contributed by atoms with Crippen LogP contribution in [0.3, 0.4) is 0 Å². The van der Waals surface area contributed by atoms with Crippen molar-refractivity contribution >= 4 is 17.2 Å². The van der Waals surface area contributed by atoms with Crippen molar-refractivity contribution in [3.05, 3.63) is 46.2 Å². The Morgan fingerprint density at radius 3 is 2.69 bits per heavy atom. The van der Waals surface area contributed by atoms with Crippen LogP contribution in [-0.2, 0) is 0 Å². The van der Waals surface area contributed by atoms with Crippen molar-refractivity contribution in [2.75, 3.05) is 34.4 Å². The predicted molar refractivity (Wildman–Crippen MR) is 106 cm³/mol. The lowest BCUT2D eigenvalue weighted by Gasteiger charge is -2.20. The Morgan fingerprint density at radius 2 is 2.08 bits per heavy atom. The van der Waals surface area contributed by atoms with Gasteiger partial charge in [0.05, 0.1) is 39.2 Å². The maximum atomic E-state index is 12.6. The Labute approximate surface area is 159 Å². The Kier molecular flexibility index (Phi) is 7.94. The predicted octanol–water partition coefficient (Wildman–Crippen LogP) is 2.55. The molecular weight excluding hydrogens is 348 g/mol. The molecule has 1 heterocycles. The monoisotopic (exact) mass is 377 g/mol. The molecule has 0 aliphatic rings. The first-order valence-corrected chi connectivity index (χ1v) is 9.87. The zero-order valence-electron chi connectivity index (χ0n) is 16.0. The standard InChI is InChI=1S/C20H28N2O3S/c1-5-6-11-25-17-10-9-15(13-18(17)24-4)20(23)21-14-16(22(2)3)19-8-7-12-26-19/h7-10,12-13,16H,5-6,11,14H2,1-4H3,(H,21,23)/p+1/t16-/m0/s1.